The summed E-state index contributed by atoms with van der Waals surface area (Å²) in [6, 6.07) is 4.91. The third kappa shape index (κ3) is 2.19. The zero-order valence-electron chi connectivity index (χ0n) is 6.69. The quantitative estimate of drug-likeness (QED) is 0.575. The van der Waals surface area contributed by atoms with Crippen LogP contribution in [0.3, 0.4) is 0 Å². The molecule has 0 heterocycles. The first-order valence-electron chi connectivity index (χ1n) is 3.50. The molecule has 1 rings (SSSR count). The van der Waals surface area contributed by atoms with Gasteiger partial charge in [-0.25, -0.2) is 4.39 Å². The van der Waals surface area contributed by atoms with E-state index in [1.54, 1.807) is 13.0 Å². The number of hydrogen-bond donors (Lipinski definition) is 0. The molecule has 1 radical (unpaired) electrons. The summed E-state index contributed by atoms with van der Waals surface area (Å²) in [5, 5.41) is 0. The molecular weight excluding hydrogens is 139 g/mol. The maximum absolute atomic E-state index is 12.7. The summed E-state index contributed by atoms with van der Waals surface area (Å²) in [6.07, 6.45) is 4.61. The Kier molecular flexibility index (Phi) is 2.42. The first-order chi connectivity index (χ1) is 5.22. The standard InChI is InChI=1S/C10H10F/c1-3-4-9-5-8(2)6-10(11)7-9/h4-7H,1-2H3. The Bertz CT molecular complexity index is 254. The fourth-order valence-electron chi connectivity index (χ4n) is 1.01. The molecule has 1 aromatic carbocycles. The third-order valence-corrected chi connectivity index (χ3v) is 1.38. The Morgan fingerprint density at radius 1 is 1.36 bits per heavy atom. The van der Waals surface area contributed by atoms with Crippen molar-refractivity contribution in [2.75, 3.05) is 0 Å². The highest BCUT2D eigenvalue weighted by Gasteiger charge is 1.93. The van der Waals surface area contributed by atoms with E-state index in [4.69, 9.17) is 0 Å². The van der Waals surface area contributed by atoms with Crippen molar-refractivity contribution in [2.45, 2.75) is 13.8 Å². The lowest BCUT2D eigenvalue weighted by Gasteiger charge is -1.95. The van der Waals surface area contributed by atoms with Gasteiger partial charge in [0, 0.05) is 0 Å². The Hall–Kier alpha value is -1.11. The van der Waals surface area contributed by atoms with Crippen LogP contribution in [0.4, 0.5) is 4.39 Å². The van der Waals surface area contributed by atoms with Gasteiger partial charge in [0.05, 0.1) is 0 Å². The molecule has 0 aromatic heterocycles. The monoisotopic (exact) mass is 149 g/mol. The van der Waals surface area contributed by atoms with Crippen LogP contribution in [0.1, 0.15) is 18.1 Å². The summed E-state index contributed by atoms with van der Waals surface area (Å²) in [6.45, 7) is 3.66. The molecule has 0 nitrogen and oxygen atoms in total. The Morgan fingerprint density at radius 2 is 2.09 bits per heavy atom. The molecule has 0 spiro atoms. The molecule has 0 aliphatic rings. The van der Waals surface area contributed by atoms with E-state index in [2.05, 4.69) is 6.08 Å². The minimum atomic E-state index is -0.188. The first kappa shape index (κ1) is 7.99. The first-order valence-corrected chi connectivity index (χ1v) is 3.50. The Morgan fingerprint density at radius 3 is 2.64 bits per heavy atom. The predicted octanol–water partition coefficient (Wildman–Crippen LogP) is 2.97. The SMILES string of the molecule is C[C]=Cc1cc(C)cc(F)c1. The van der Waals surface area contributed by atoms with E-state index in [1.807, 2.05) is 13.0 Å². The smallest absolute Gasteiger partial charge is 0.124 e. The van der Waals surface area contributed by atoms with Crippen molar-refractivity contribution < 1.29 is 4.39 Å². The molecule has 57 valence electrons. The number of aryl methyl sites for hydroxylation is 1. The number of allylic oxidation sites excluding steroid dienone is 1. The van der Waals surface area contributed by atoms with Gasteiger partial charge in [-0.1, -0.05) is 12.1 Å². The molecule has 0 saturated carbocycles. The van der Waals surface area contributed by atoms with Gasteiger partial charge in [-0.2, -0.15) is 0 Å². The minimum Gasteiger partial charge on any atom is -0.207 e. The van der Waals surface area contributed by atoms with Crippen LogP contribution in [0.2, 0.25) is 0 Å². The van der Waals surface area contributed by atoms with Crippen LogP contribution in [0.15, 0.2) is 18.2 Å². The van der Waals surface area contributed by atoms with Crippen LogP contribution >= 0.6 is 0 Å². The van der Waals surface area contributed by atoms with Crippen LogP contribution in [0, 0.1) is 18.8 Å². The molecule has 0 aliphatic carbocycles. The molecule has 0 atom stereocenters. The second-order valence-corrected chi connectivity index (χ2v) is 2.49. The van der Waals surface area contributed by atoms with Gasteiger partial charge in [0.15, 0.2) is 0 Å². The second kappa shape index (κ2) is 3.33. The molecule has 0 saturated heterocycles. The van der Waals surface area contributed by atoms with E-state index in [1.165, 1.54) is 12.1 Å². The van der Waals surface area contributed by atoms with Gasteiger partial charge in [-0.15, -0.1) is 0 Å². The van der Waals surface area contributed by atoms with Gasteiger partial charge in [-0.3, -0.25) is 0 Å². The molecule has 1 aromatic rings. The second-order valence-electron chi connectivity index (χ2n) is 2.49. The van der Waals surface area contributed by atoms with Crippen LogP contribution < -0.4 is 0 Å². The number of halogens is 1. The van der Waals surface area contributed by atoms with Crippen LogP contribution in [0.25, 0.3) is 6.08 Å². The van der Waals surface area contributed by atoms with Gasteiger partial charge in [0.25, 0.3) is 0 Å². The molecule has 0 fully saturated rings. The average Bonchev–Trinajstić information content (AvgIpc) is 1.85. The maximum Gasteiger partial charge on any atom is 0.124 e. The highest BCUT2D eigenvalue weighted by Crippen LogP contribution is 2.09. The lowest BCUT2D eigenvalue weighted by atomic mass is 10.1. The Balaban J connectivity index is 3.08. The van der Waals surface area contributed by atoms with Gasteiger partial charge in [-0.05, 0) is 43.2 Å². The van der Waals surface area contributed by atoms with Crippen molar-refractivity contribution in [3.8, 4) is 0 Å². The summed E-state index contributed by atoms with van der Waals surface area (Å²) < 4.78 is 12.7. The molecule has 0 bridgehead atoms. The summed E-state index contributed by atoms with van der Waals surface area (Å²) in [5.41, 5.74) is 1.80. The normalized spacial score (nSPS) is 10.8. The predicted molar refractivity (Wildman–Crippen MR) is 44.5 cm³/mol. The highest BCUT2D eigenvalue weighted by molar-refractivity contribution is 5.48. The molecule has 0 aliphatic heterocycles. The van der Waals surface area contributed by atoms with Gasteiger partial charge >= 0.3 is 0 Å². The molecule has 1 heteroatoms. The van der Waals surface area contributed by atoms with E-state index in [9.17, 15) is 4.39 Å². The van der Waals surface area contributed by atoms with Crippen LogP contribution in [0.5, 0.6) is 0 Å². The largest absolute Gasteiger partial charge is 0.207 e. The zero-order chi connectivity index (χ0) is 8.27. The summed E-state index contributed by atoms with van der Waals surface area (Å²) >= 11 is 0. The van der Waals surface area contributed by atoms with Crippen molar-refractivity contribution in [2.24, 2.45) is 0 Å². The lowest BCUT2D eigenvalue weighted by molar-refractivity contribution is 0.626. The van der Waals surface area contributed by atoms with Crippen molar-refractivity contribution in [3.63, 3.8) is 0 Å². The van der Waals surface area contributed by atoms with Crippen molar-refractivity contribution in [1.29, 1.82) is 0 Å². The van der Waals surface area contributed by atoms with Crippen molar-refractivity contribution in [3.05, 3.63) is 41.2 Å². The van der Waals surface area contributed by atoms with E-state index in [0.29, 0.717) is 0 Å². The molecule has 0 N–H and O–H groups in total. The molecule has 0 amide bonds. The van der Waals surface area contributed by atoms with Gasteiger partial charge in [0.2, 0.25) is 0 Å². The number of rotatable bonds is 1. The van der Waals surface area contributed by atoms with Crippen LogP contribution in [-0.2, 0) is 0 Å². The Labute approximate surface area is 66.4 Å². The third-order valence-electron chi connectivity index (χ3n) is 1.38. The number of benzene rings is 1. The van der Waals surface area contributed by atoms with Crippen LogP contribution in [-0.4, -0.2) is 0 Å². The summed E-state index contributed by atoms with van der Waals surface area (Å²) in [5.74, 6) is -0.188. The van der Waals surface area contributed by atoms with Gasteiger partial charge in [0.1, 0.15) is 5.82 Å². The maximum atomic E-state index is 12.7. The van der Waals surface area contributed by atoms with E-state index in [-0.39, 0.29) is 5.82 Å². The zero-order valence-corrected chi connectivity index (χ0v) is 6.69. The average molecular weight is 149 g/mol. The van der Waals surface area contributed by atoms with Crippen molar-refractivity contribution >= 4 is 6.08 Å². The van der Waals surface area contributed by atoms with Crippen molar-refractivity contribution in [1.82, 2.24) is 0 Å². The van der Waals surface area contributed by atoms with E-state index >= 15 is 0 Å². The number of hydrogen-bond acceptors (Lipinski definition) is 0. The van der Waals surface area contributed by atoms with Gasteiger partial charge < -0.3 is 0 Å². The van der Waals surface area contributed by atoms with E-state index in [0.717, 1.165) is 11.1 Å². The fourth-order valence-corrected chi connectivity index (χ4v) is 1.01. The molecule has 0 unspecified atom stereocenters. The fraction of sp³-hybridized carbons (Fsp3) is 0.200. The minimum absolute atomic E-state index is 0.188. The summed E-state index contributed by atoms with van der Waals surface area (Å²) in [7, 11) is 0. The highest BCUT2D eigenvalue weighted by atomic mass is 19.1. The van der Waals surface area contributed by atoms with E-state index < -0.39 is 0 Å². The topological polar surface area (TPSA) is 0 Å². The molecular formula is C10H10F. The lowest BCUT2D eigenvalue weighted by Crippen LogP contribution is -1.80. The summed E-state index contributed by atoms with van der Waals surface area (Å²) in [4.78, 5) is 0. The molecule has 11 heavy (non-hydrogen) atoms.